The van der Waals surface area contributed by atoms with E-state index in [4.69, 9.17) is 0 Å². The molecule has 0 spiro atoms. The molecule has 0 saturated carbocycles. The lowest BCUT2D eigenvalue weighted by Gasteiger charge is -2.30. The number of aliphatic hydroxyl groups is 1. The summed E-state index contributed by atoms with van der Waals surface area (Å²) in [6.07, 6.45) is 11.0. The highest BCUT2D eigenvalue weighted by molar-refractivity contribution is 5.87. The molecule has 32 heavy (non-hydrogen) atoms. The minimum Gasteiger partial charge on any atom is -0.506 e. The Labute approximate surface area is 192 Å². The number of likely N-dealkylation sites (tertiary alicyclic amines) is 1. The third kappa shape index (κ3) is 7.61. The summed E-state index contributed by atoms with van der Waals surface area (Å²) in [5.74, 6) is 0.936. The Morgan fingerprint density at radius 3 is 2.47 bits per heavy atom. The molecule has 1 aliphatic heterocycles. The van der Waals surface area contributed by atoms with Gasteiger partial charge in [0.05, 0.1) is 11.6 Å². The van der Waals surface area contributed by atoms with Crippen molar-refractivity contribution < 1.29 is 10.2 Å². The van der Waals surface area contributed by atoms with Crippen LogP contribution in [0.3, 0.4) is 0 Å². The maximum absolute atomic E-state index is 11.5. The van der Waals surface area contributed by atoms with Crippen molar-refractivity contribution in [1.29, 1.82) is 0 Å². The lowest BCUT2D eigenvalue weighted by molar-refractivity contribution is 0.176. The van der Waals surface area contributed by atoms with Crippen LogP contribution in [-0.4, -0.2) is 52.8 Å². The van der Waals surface area contributed by atoms with Gasteiger partial charge in [-0.2, -0.15) is 0 Å². The first kappa shape index (κ1) is 24.7. The van der Waals surface area contributed by atoms with E-state index in [1.54, 1.807) is 12.1 Å². The number of phenols is 1. The maximum Gasteiger partial charge on any atom is 0.248 e. The fraction of sp³-hybridized carbons (Fsp3) is 0.654. The highest BCUT2D eigenvalue weighted by Crippen LogP contribution is 2.28. The van der Waals surface area contributed by atoms with Crippen LogP contribution in [0, 0.1) is 5.92 Å². The van der Waals surface area contributed by atoms with Crippen molar-refractivity contribution in [3.8, 4) is 5.75 Å². The van der Waals surface area contributed by atoms with Gasteiger partial charge in [0.15, 0.2) is 0 Å². The number of pyridine rings is 1. The van der Waals surface area contributed by atoms with E-state index in [9.17, 15) is 15.0 Å². The van der Waals surface area contributed by atoms with Crippen molar-refractivity contribution in [2.75, 3.05) is 32.7 Å². The average molecular weight is 444 g/mol. The normalized spacial score (nSPS) is 16.6. The fourth-order valence-corrected chi connectivity index (χ4v) is 4.65. The molecule has 6 nitrogen and oxygen atoms in total. The summed E-state index contributed by atoms with van der Waals surface area (Å²) in [6, 6.07) is 6.30. The molecule has 2 heterocycles. The van der Waals surface area contributed by atoms with E-state index in [0.717, 1.165) is 18.9 Å². The van der Waals surface area contributed by atoms with Crippen molar-refractivity contribution in [2.24, 2.45) is 5.92 Å². The molecule has 1 aromatic carbocycles. The lowest BCUT2D eigenvalue weighted by Crippen LogP contribution is -2.33. The molecular formula is C26H41N3O3. The number of nitrogens with zero attached hydrogens (tertiary/aromatic N) is 1. The van der Waals surface area contributed by atoms with E-state index >= 15 is 0 Å². The largest absolute Gasteiger partial charge is 0.506 e. The molecule has 1 aliphatic rings. The van der Waals surface area contributed by atoms with Gasteiger partial charge in [0, 0.05) is 18.0 Å². The molecule has 3 rings (SSSR count). The summed E-state index contributed by atoms with van der Waals surface area (Å²) in [5.41, 5.74) is 0.814. The fourth-order valence-electron chi connectivity index (χ4n) is 4.65. The van der Waals surface area contributed by atoms with Gasteiger partial charge in [0.2, 0.25) is 5.56 Å². The van der Waals surface area contributed by atoms with E-state index in [1.165, 1.54) is 83.1 Å². The van der Waals surface area contributed by atoms with E-state index in [2.05, 4.69) is 22.1 Å². The number of hydrogen-bond donors (Lipinski definition) is 4. The summed E-state index contributed by atoms with van der Waals surface area (Å²) < 4.78 is 0. The van der Waals surface area contributed by atoms with Crippen molar-refractivity contribution in [3.05, 3.63) is 40.2 Å². The number of unbranched alkanes of at least 4 members (excludes halogenated alkanes) is 6. The number of aromatic amines is 1. The highest BCUT2D eigenvalue weighted by atomic mass is 16.3. The quantitative estimate of drug-likeness (QED) is 0.346. The topological polar surface area (TPSA) is 88.6 Å². The van der Waals surface area contributed by atoms with Gasteiger partial charge in [-0.3, -0.25) is 4.79 Å². The second kappa shape index (κ2) is 13.0. The third-order valence-electron chi connectivity index (χ3n) is 6.81. The Balaban J connectivity index is 1.22. The van der Waals surface area contributed by atoms with E-state index in [-0.39, 0.29) is 11.3 Å². The van der Waals surface area contributed by atoms with Gasteiger partial charge >= 0.3 is 0 Å². The van der Waals surface area contributed by atoms with Crippen molar-refractivity contribution in [3.63, 3.8) is 0 Å². The van der Waals surface area contributed by atoms with Gasteiger partial charge < -0.3 is 25.4 Å². The first-order chi connectivity index (χ1) is 15.5. The van der Waals surface area contributed by atoms with Crippen LogP contribution in [0.2, 0.25) is 0 Å². The van der Waals surface area contributed by atoms with Gasteiger partial charge in [0.1, 0.15) is 5.75 Å². The number of hydrogen-bond acceptors (Lipinski definition) is 5. The molecule has 2 aromatic rings. The molecule has 178 valence electrons. The van der Waals surface area contributed by atoms with Crippen molar-refractivity contribution >= 4 is 10.9 Å². The standard InChI is InChI=1S/C26H41N3O3/c1-20-13-17-29(18-14-20)16-8-6-4-2-3-5-7-15-27-19-24(31)21-9-11-23(30)26-22(21)10-12-25(32)28-26/h9-12,20,24,27,30-31H,2-8,13-19H2,1H3,(H,28,32)/t24-/m1/s1. The lowest BCUT2D eigenvalue weighted by atomic mass is 9.99. The van der Waals surface area contributed by atoms with E-state index < -0.39 is 6.10 Å². The van der Waals surface area contributed by atoms with Gasteiger partial charge in [0.25, 0.3) is 0 Å². The molecule has 1 aromatic heterocycles. The average Bonchev–Trinajstić information content (AvgIpc) is 2.79. The smallest absolute Gasteiger partial charge is 0.248 e. The van der Waals surface area contributed by atoms with Crippen LogP contribution in [-0.2, 0) is 0 Å². The van der Waals surface area contributed by atoms with E-state index in [0.29, 0.717) is 23.0 Å². The first-order valence-corrected chi connectivity index (χ1v) is 12.5. The molecule has 0 radical (unpaired) electrons. The summed E-state index contributed by atoms with van der Waals surface area (Å²) in [6.45, 7) is 7.59. The SMILES string of the molecule is CC1CCN(CCCCCCCCCNC[C@@H](O)c2ccc(O)c3[nH]c(=O)ccc23)CC1. The number of aromatic nitrogens is 1. The summed E-state index contributed by atoms with van der Waals surface area (Å²) in [4.78, 5) is 16.8. The van der Waals surface area contributed by atoms with Crippen LogP contribution in [0.4, 0.5) is 0 Å². The van der Waals surface area contributed by atoms with Crippen LogP contribution >= 0.6 is 0 Å². The summed E-state index contributed by atoms with van der Waals surface area (Å²) >= 11 is 0. The number of H-pyrrole nitrogens is 1. The third-order valence-corrected chi connectivity index (χ3v) is 6.81. The number of piperidine rings is 1. The second-order valence-electron chi connectivity index (χ2n) is 9.50. The van der Waals surface area contributed by atoms with Crippen LogP contribution < -0.4 is 10.9 Å². The second-order valence-corrected chi connectivity index (χ2v) is 9.50. The number of rotatable bonds is 13. The van der Waals surface area contributed by atoms with Crippen LogP contribution in [0.1, 0.15) is 76.4 Å². The van der Waals surface area contributed by atoms with Crippen LogP contribution in [0.15, 0.2) is 29.1 Å². The molecule has 4 N–H and O–H groups in total. The minimum absolute atomic E-state index is 0.0164. The van der Waals surface area contributed by atoms with Crippen LogP contribution in [0.25, 0.3) is 10.9 Å². The monoisotopic (exact) mass is 443 g/mol. The first-order valence-electron chi connectivity index (χ1n) is 12.5. The molecule has 0 amide bonds. The zero-order chi connectivity index (χ0) is 22.8. The summed E-state index contributed by atoms with van der Waals surface area (Å²) in [7, 11) is 0. The zero-order valence-corrected chi connectivity index (χ0v) is 19.6. The molecule has 1 atom stereocenters. The van der Waals surface area contributed by atoms with Crippen molar-refractivity contribution in [2.45, 2.75) is 70.8 Å². The number of fused-ring (bicyclic) bond motifs is 1. The number of aromatic hydroxyl groups is 1. The van der Waals surface area contributed by atoms with Gasteiger partial charge in [-0.05, 0) is 75.5 Å². The maximum atomic E-state index is 11.5. The van der Waals surface area contributed by atoms with Crippen molar-refractivity contribution in [1.82, 2.24) is 15.2 Å². The molecule has 6 heteroatoms. The Morgan fingerprint density at radius 1 is 1.03 bits per heavy atom. The number of phenolic OH excluding ortho intramolecular Hbond substituents is 1. The van der Waals surface area contributed by atoms with Gasteiger partial charge in [-0.25, -0.2) is 0 Å². The predicted molar refractivity (Wildman–Crippen MR) is 131 cm³/mol. The highest BCUT2D eigenvalue weighted by Gasteiger charge is 2.15. The summed E-state index contributed by atoms with van der Waals surface area (Å²) in [5, 5.41) is 24.5. The van der Waals surface area contributed by atoms with Gasteiger partial charge in [-0.1, -0.05) is 45.1 Å². The molecule has 0 unspecified atom stereocenters. The number of nitrogens with one attached hydrogen (secondary N) is 2. The Morgan fingerprint density at radius 2 is 1.72 bits per heavy atom. The molecule has 1 saturated heterocycles. The Kier molecular flexibility index (Phi) is 10.0. The zero-order valence-electron chi connectivity index (χ0n) is 19.6. The molecular weight excluding hydrogens is 402 g/mol. The van der Waals surface area contributed by atoms with Crippen LogP contribution in [0.5, 0.6) is 5.75 Å². The molecule has 0 aliphatic carbocycles. The Bertz CT molecular complexity index is 874. The number of benzene rings is 1. The molecule has 0 bridgehead atoms. The minimum atomic E-state index is -0.688. The Hall–Kier alpha value is -1.89. The molecule has 1 fully saturated rings. The van der Waals surface area contributed by atoms with E-state index in [1.807, 2.05) is 0 Å². The number of aliphatic hydroxyl groups excluding tert-OH is 1. The van der Waals surface area contributed by atoms with Gasteiger partial charge in [-0.15, -0.1) is 0 Å². The predicted octanol–water partition coefficient (Wildman–Crippen LogP) is 4.32.